The zero-order valence-corrected chi connectivity index (χ0v) is 31.4. The Bertz CT molecular complexity index is 1330. The molecule has 280 valence electrons. The summed E-state index contributed by atoms with van der Waals surface area (Å²) in [6, 6.07) is 13.9. The summed E-state index contributed by atoms with van der Waals surface area (Å²) < 4.78 is 22.8. The highest BCUT2D eigenvalue weighted by Gasteiger charge is 2.35. The van der Waals surface area contributed by atoms with Gasteiger partial charge < -0.3 is 41.5 Å². The Hall–Kier alpha value is -3.67. The smallest absolute Gasteiger partial charge is 0.323 e. The molecule has 50 heavy (non-hydrogen) atoms. The molecule has 5 atom stereocenters. The highest BCUT2D eigenvalue weighted by molar-refractivity contribution is 5.83. The highest BCUT2D eigenvalue weighted by Crippen LogP contribution is 2.32. The Morgan fingerprint density at radius 2 is 1.52 bits per heavy atom. The molecule has 2 aromatic carbocycles. The first-order valence-corrected chi connectivity index (χ1v) is 17.7. The second kappa shape index (κ2) is 20.9. The van der Waals surface area contributed by atoms with Crippen molar-refractivity contribution in [2.75, 3.05) is 34.0 Å². The average molecular weight is 699 g/mol. The summed E-state index contributed by atoms with van der Waals surface area (Å²) in [6.07, 6.45) is 1.69. The SMILES string of the molecule is COCCCOc1cc(C[C@@H](CC(N)[C@H](C[C@H](C(=O)NCC(C)(C)C(N)=O)C(C)C)OC(=O)[C@@H](N)Cc2ccccc2)C(C)C)ccc1OC. The minimum absolute atomic E-state index is 0.0816. The van der Waals surface area contributed by atoms with Crippen molar-refractivity contribution in [1.29, 1.82) is 0 Å². The first-order chi connectivity index (χ1) is 23.6. The number of amides is 2. The lowest BCUT2D eigenvalue weighted by atomic mass is 9.80. The lowest BCUT2D eigenvalue weighted by molar-refractivity contribution is -0.154. The zero-order valence-electron chi connectivity index (χ0n) is 31.4. The molecule has 0 saturated heterocycles. The van der Waals surface area contributed by atoms with Crippen LogP contribution in [0.5, 0.6) is 11.5 Å². The molecule has 0 radical (unpaired) electrons. The van der Waals surface area contributed by atoms with E-state index in [4.69, 9.17) is 36.1 Å². The molecule has 0 saturated carbocycles. The number of nitrogens with two attached hydrogens (primary N) is 3. The van der Waals surface area contributed by atoms with Gasteiger partial charge in [-0.1, -0.05) is 64.1 Å². The molecule has 0 spiro atoms. The third kappa shape index (κ3) is 13.9. The average Bonchev–Trinajstić information content (AvgIpc) is 3.07. The van der Waals surface area contributed by atoms with Crippen molar-refractivity contribution in [2.45, 2.75) is 91.8 Å². The molecule has 2 aromatic rings. The molecule has 0 heterocycles. The van der Waals surface area contributed by atoms with E-state index in [9.17, 15) is 14.4 Å². The first kappa shape index (κ1) is 42.5. The van der Waals surface area contributed by atoms with Gasteiger partial charge in [0.15, 0.2) is 11.5 Å². The molecule has 0 aliphatic carbocycles. The van der Waals surface area contributed by atoms with E-state index >= 15 is 0 Å². The number of methoxy groups -OCH3 is 2. The van der Waals surface area contributed by atoms with Crippen molar-refractivity contribution in [2.24, 2.45) is 46.3 Å². The van der Waals surface area contributed by atoms with E-state index in [1.54, 1.807) is 28.1 Å². The Kier molecular flexibility index (Phi) is 17.7. The van der Waals surface area contributed by atoms with Crippen LogP contribution in [0, 0.1) is 29.1 Å². The fraction of sp³-hybridized carbons (Fsp3) is 0.615. The van der Waals surface area contributed by atoms with Crippen LogP contribution in [0.4, 0.5) is 0 Å². The van der Waals surface area contributed by atoms with Gasteiger partial charge in [0.2, 0.25) is 11.8 Å². The number of rotatable bonds is 23. The van der Waals surface area contributed by atoms with Crippen molar-refractivity contribution in [3.05, 3.63) is 59.7 Å². The van der Waals surface area contributed by atoms with Gasteiger partial charge in [0.05, 0.1) is 19.1 Å². The molecule has 7 N–H and O–H groups in total. The molecular formula is C39H62N4O7. The number of carbonyl (C=O) groups excluding carboxylic acids is 3. The molecule has 0 aliphatic rings. The molecule has 0 aromatic heterocycles. The van der Waals surface area contributed by atoms with E-state index < -0.39 is 41.4 Å². The van der Waals surface area contributed by atoms with Gasteiger partial charge in [-0.05, 0) is 80.5 Å². The predicted octanol–water partition coefficient (Wildman–Crippen LogP) is 4.41. The molecule has 0 bridgehead atoms. The molecule has 1 unspecified atom stereocenters. The molecule has 11 heteroatoms. The van der Waals surface area contributed by atoms with Crippen molar-refractivity contribution in [1.82, 2.24) is 5.32 Å². The third-order valence-corrected chi connectivity index (χ3v) is 9.34. The molecule has 2 rings (SSSR count). The van der Waals surface area contributed by atoms with Gasteiger partial charge in [-0.2, -0.15) is 0 Å². The minimum atomic E-state index is -0.926. The van der Waals surface area contributed by atoms with Crippen LogP contribution < -0.4 is 32.0 Å². The van der Waals surface area contributed by atoms with Crippen LogP contribution >= 0.6 is 0 Å². The van der Waals surface area contributed by atoms with Crippen LogP contribution in [0.2, 0.25) is 0 Å². The summed E-state index contributed by atoms with van der Waals surface area (Å²) in [5.74, 6) is -0.330. The highest BCUT2D eigenvalue weighted by atomic mass is 16.5. The van der Waals surface area contributed by atoms with Gasteiger partial charge in [-0.25, -0.2) is 0 Å². The standard InChI is InChI=1S/C39H62N4O7/c1-25(2)29(19-28-15-16-33(48-8)35(21-28)49-18-12-17-47-7)22-31(40)34(50-37(45)32(41)20-27-13-10-9-11-14-27)23-30(26(3)4)36(44)43-24-39(5,6)38(42)46/h9-11,13-16,21,25-26,29-32,34H,12,17-20,22-24,40-41H2,1-8H3,(H2,42,46)(H,43,44)/t29-,30-,31?,32-,34-/m0/s1. The van der Waals surface area contributed by atoms with Gasteiger partial charge in [0.25, 0.3) is 0 Å². The fourth-order valence-electron chi connectivity index (χ4n) is 5.70. The summed E-state index contributed by atoms with van der Waals surface area (Å²) in [6.45, 7) is 12.7. The fourth-order valence-corrected chi connectivity index (χ4v) is 5.70. The number of ether oxygens (including phenoxy) is 4. The maximum atomic E-state index is 13.5. The zero-order chi connectivity index (χ0) is 37.4. The van der Waals surface area contributed by atoms with E-state index in [1.807, 2.05) is 62.4 Å². The largest absolute Gasteiger partial charge is 0.493 e. The van der Waals surface area contributed by atoms with E-state index in [1.165, 1.54) is 0 Å². The Morgan fingerprint density at radius 3 is 2.10 bits per heavy atom. The monoisotopic (exact) mass is 698 g/mol. The van der Waals surface area contributed by atoms with Crippen LogP contribution in [0.15, 0.2) is 48.5 Å². The lowest BCUT2D eigenvalue weighted by Crippen LogP contribution is -2.48. The summed E-state index contributed by atoms with van der Waals surface area (Å²) in [5.41, 5.74) is 19.9. The van der Waals surface area contributed by atoms with Crippen molar-refractivity contribution >= 4 is 17.8 Å². The molecular weight excluding hydrogens is 636 g/mol. The normalized spacial score (nSPS) is 14.8. The Morgan fingerprint density at radius 1 is 0.840 bits per heavy atom. The van der Waals surface area contributed by atoms with Gasteiger partial charge in [-0.3, -0.25) is 14.4 Å². The summed E-state index contributed by atoms with van der Waals surface area (Å²) in [7, 11) is 3.27. The molecule has 2 amide bonds. The molecule has 0 aliphatic heterocycles. The number of primary amides is 1. The third-order valence-electron chi connectivity index (χ3n) is 9.34. The summed E-state index contributed by atoms with van der Waals surface area (Å²) in [4.78, 5) is 38.9. The Labute approximate surface area is 299 Å². The summed E-state index contributed by atoms with van der Waals surface area (Å²) >= 11 is 0. The van der Waals surface area contributed by atoms with Gasteiger partial charge in [-0.15, -0.1) is 0 Å². The van der Waals surface area contributed by atoms with Crippen molar-refractivity contribution in [3.8, 4) is 11.5 Å². The van der Waals surface area contributed by atoms with E-state index in [0.717, 1.165) is 17.5 Å². The number of carbonyl (C=O) groups is 3. The first-order valence-electron chi connectivity index (χ1n) is 17.7. The minimum Gasteiger partial charge on any atom is -0.493 e. The number of esters is 1. The second-order valence-electron chi connectivity index (χ2n) is 14.6. The topological polar surface area (TPSA) is 178 Å². The lowest BCUT2D eigenvalue weighted by Gasteiger charge is -2.33. The van der Waals surface area contributed by atoms with Gasteiger partial charge in [0.1, 0.15) is 12.1 Å². The molecule has 11 nitrogen and oxygen atoms in total. The number of nitrogens with one attached hydrogen (secondary N) is 1. The van der Waals surface area contributed by atoms with Crippen LogP contribution in [0.1, 0.15) is 71.9 Å². The summed E-state index contributed by atoms with van der Waals surface area (Å²) in [5, 5.41) is 2.89. The van der Waals surface area contributed by atoms with Crippen LogP contribution in [0.3, 0.4) is 0 Å². The van der Waals surface area contributed by atoms with Crippen LogP contribution in [-0.2, 0) is 36.7 Å². The van der Waals surface area contributed by atoms with Gasteiger partial charge in [0, 0.05) is 38.6 Å². The number of benzene rings is 2. The molecule has 0 fully saturated rings. The van der Waals surface area contributed by atoms with E-state index in [2.05, 4.69) is 19.2 Å². The van der Waals surface area contributed by atoms with E-state index in [-0.39, 0.29) is 36.6 Å². The van der Waals surface area contributed by atoms with E-state index in [0.29, 0.717) is 44.0 Å². The van der Waals surface area contributed by atoms with Crippen molar-refractivity contribution < 1.29 is 33.3 Å². The predicted molar refractivity (Wildman–Crippen MR) is 197 cm³/mol. The number of hydrogen-bond acceptors (Lipinski definition) is 9. The maximum Gasteiger partial charge on any atom is 0.323 e. The number of hydrogen-bond donors (Lipinski definition) is 4. The van der Waals surface area contributed by atoms with Crippen LogP contribution in [-0.4, -0.2) is 69.9 Å². The maximum absolute atomic E-state index is 13.5. The van der Waals surface area contributed by atoms with Gasteiger partial charge >= 0.3 is 5.97 Å². The van der Waals surface area contributed by atoms with Crippen LogP contribution in [0.25, 0.3) is 0 Å². The Balaban J connectivity index is 2.32. The quantitative estimate of drug-likeness (QED) is 0.0967. The van der Waals surface area contributed by atoms with Crippen molar-refractivity contribution in [3.63, 3.8) is 0 Å². The second-order valence-corrected chi connectivity index (χ2v) is 14.6.